The smallest absolute Gasteiger partial charge is 0.213 e. The van der Waals surface area contributed by atoms with Gasteiger partial charge in [0.15, 0.2) is 0 Å². The molecule has 2 rings (SSSR count). The quantitative estimate of drug-likeness (QED) is 0.850. The van der Waals surface area contributed by atoms with E-state index in [1.54, 1.807) is 12.1 Å². The van der Waals surface area contributed by atoms with E-state index in [1.165, 1.54) is 6.07 Å². The lowest BCUT2D eigenvalue weighted by atomic mass is 9.82. The van der Waals surface area contributed by atoms with Crippen molar-refractivity contribution in [3.8, 4) is 6.07 Å². The number of pyridine rings is 1. The van der Waals surface area contributed by atoms with Crippen LogP contribution in [0.3, 0.4) is 0 Å². The average molecular weight is 270 g/mol. The summed E-state index contributed by atoms with van der Waals surface area (Å²) in [7, 11) is 0. The fraction of sp³-hybridized carbons (Fsp3) is 0.250. The van der Waals surface area contributed by atoms with Crippen molar-refractivity contribution >= 4 is 0 Å². The number of nitrogens with zero attached hydrogens (tertiary/aromatic N) is 2. The normalized spacial score (nSPS) is 13.4. The predicted molar refractivity (Wildman–Crippen MR) is 73.4 cm³/mol. The van der Waals surface area contributed by atoms with Crippen molar-refractivity contribution in [2.75, 3.05) is 6.61 Å². The lowest BCUT2D eigenvalue weighted by Crippen LogP contribution is -2.13. The molecule has 0 radical (unpaired) electrons. The highest BCUT2D eigenvalue weighted by Crippen LogP contribution is 2.34. The molecular weight excluding hydrogens is 255 g/mol. The number of hydrogen-bond donors (Lipinski definition) is 1. The molecule has 0 saturated heterocycles. The summed E-state index contributed by atoms with van der Waals surface area (Å²) in [6.45, 7) is -0.0755. The van der Waals surface area contributed by atoms with Gasteiger partial charge < -0.3 is 5.11 Å². The van der Waals surface area contributed by atoms with Gasteiger partial charge in [0.05, 0.1) is 12.0 Å². The van der Waals surface area contributed by atoms with Crippen molar-refractivity contribution in [2.24, 2.45) is 0 Å². The number of halogens is 1. The Kier molecular flexibility index (Phi) is 4.80. The van der Waals surface area contributed by atoms with E-state index < -0.39 is 11.9 Å². The molecule has 1 heterocycles. The third kappa shape index (κ3) is 3.19. The molecule has 0 aliphatic carbocycles. The number of hydrogen-bond acceptors (Lipinski definition) is 3. The van der Waals surface area contributed by atoms with Gasteiger partial charge in [-0.05, 0) is 24.1 Å². The molecule has 20 heavy (non-hydrogen) atoms. The van der Waals surface area contributed by atoms with Gasteiger partial charge in [-0.3, -0.25) is 0 Å². The van der Waals surface area contributed by atoms with Gasteiger partial charge in [-0.1, -0.05) is 36.4 Å². The van der Waals surface area contributed by atoms with Crippen LogP contribution in [0.4, 0.5) is 4.39 Å². The average Bonchev–Trinajstić information content (AvgIpc) is 2.48. The Hall–Kier alpha value is -2.25. The Balaban J connectivity index is 2.39. The minimum absolute atomic E-state index is 0.0755. The maximum atomic E-state index is 13.3. The van der Waals surface area contributed by atoms with Gasteiger partial charge in [0.25, 0.3) is 0 Å². The largest absolute Gasteiger partial charge is 0.396 e. The number of aliphatic hydroxyl groups excluding tert-OH is 1. The summed E-state index contributed by atoms with van der Waals surface area (Å²) in [5, 5.41) is 18.7. The highest BCUT2D eigenvalue weighted by molar-refractivity contribution is 5.30. The first-order valence-electron chi connectivity index (χ1n) is 6.44. The van der Waals surface area contributed by atoms with Crippen LogP contribution >= 0.6 is 0 Å². The monoisotopic (exact) mass is 270 g/mol. The fourth-order valence-corrected chi connectivity index (χ4v) is 2.31. The number of benzene rings is 1. The Morgan fingerprint density at radius 3 is 2.50 bits per heavy atom. The van der Waals surface area contributed by atoms with Gasteiger partial charge in [-0.15, -0.1) is 0 Å². The van der Waals surface area contributed by atoms with Gasteiger partial charge in [0, 0.05) is 18.2 Å². The summed E-state index contributed by atoms with van der Waals surface area (Å²) in [5.74, 6) is -1.36. The van der Waals surface area contributed by atoms with Crippen LogP contribution in [-0.4, -0.2) is 16.7 Å². The molecule has 0 aliphatic heterocycles. The lowest BCUT2D eigenvalue weighted by molar-refractivity contribution is 0.270. The van der Waals surface area contributed by atoms with Crippen molar-refractivity contribution in [3.63, 3.8) is 0 Å². The number of nitriles is 1. The summed E-state index contributed by atoms with van der Waals surface area (Å²) in [6, 6.07) is 16.1. The molecule has 4 heteroatoms. The van der Waals surface area contributed by atoms with Gasteiger partial charge in [0.2, 0.25) is 5.95 Å². The summed E-state index contributed by atoms with van der Waals surface area (Å²) in [5.41, 5.74) is 1.34. The van der Waals surface area contributed by atoms with E-state index in [1.807, 2.05) is 30.3 Å². The van der Waals surface area contributed by atoms with Crippen LogP contribution in [0, 0.1) is 17.3 Å². The molecule has 0 spiro atoms. The van der Waals surface area contributed by atoms with Crippen LogP contribution in [0.15, 0.2) is 48.5 Å². The van der Waals surface area contributed by atoms with Crippen LogP contribution < -0.4 is 0 Å². The van der Waals surface area contributed by atoms with Gasteiger partial charge in [0.1, 0.15) is 0 Å². The van der Waals surface area contributed by atoms with Crippen molar-refractivity contribution in [1.29, 1.82) is 5.26 Å². The maximum Gasteiger partial charge on any atom is 0.213 e. The van der Waals surface area contributed by atoms with Crippen LogP contribution in [-0.2, 0) is 0 Å². The van der Waals surface area contributed by atoms with E-state index in [0.717, 1.165) is 5.56 Å². The Bertz CT molecular complexity index is 595. The Morgan fingerprint density at radius 2 is 1.90 bits per heavy atom. The highest BCUT2D eigenvalue weighted by Gasteiger charge is 2.25. The van der Waals surface area contributed by atoms with Crippen molar-refractivity contribution < 1.29 is 9.50 Å². The van der Waals surface area contributed by atoms with Gasteiger partial charge in [-0.2, -0.15) is 9.65 Å². The van der Waals surface area contributed by atoms with E-state index in [9.17, 15) is 14.8 Å². The summed E-state index contributed by atoms with van der Waals surface area (Å²) in [6.07, 6.45) is 0.365. The molecule has 0 unspecified atom stereocenters. The van der Waals surface area contributed by atoms with Crippen molar-refractivity contribution in [2.45, 2.75) is 18.3 Å². The number of aliphatic hydroxyl groups is 1. The fourth-order valence-electron chi connectivity index (χ4n) is 2.31. The summed E-state index contributed by atoms with van der Waals surface area (Å²) < 4.78 is 13.3. The SMILES string of the molecule is N#C[C@@H](c1ccccc1)[C@H](CCO)c1cccc(F)n1. The van der Waals surface area contributed by atoms with Crippen LogP contribution in [0.5, 0.6) is 0 Å². The number of aromatic nitrogens is 1. The number of rotatable bonds is 5. The van der Waals surface area contributed by atoms with Crippen LogP contribution in [0.25, 0.3) is 0 Å². The third-order valence-corrected chi connectivity index (χ3v) is 3.26. The first-order valence-corrected chi connectivity index (χ1v) is 6.44. The van der Waals surface area contributed by atoms with E-state index in [0.29, 0.717) is 12.1 Å². The minimum Gasteiger partial charge on any atom is -0.396 e. The predicted octanol–water partition coefficient (Wildman–Crippen LogP) is 2.99. The minimum atomic E-state index is -0.574. The van der Waals surface area contributed by atoms with E-state index in [-0.39, 0.29) is 12.5 Å². The zero-order valence-electron chi connectivity index (χ0n) is 10.9. The van der Waals surface area contributed by atoms with Crippen LogP contribution in [0.1, 0.15) is 29.5 Å². The molecule has 2 aromatic rings. The molecule has 0 fully saturated rings. The lowest BCUT2D eigenvalue weighted by Gasteiger charge is -2.21. The van der Waals surface area contributed by atoms with Gasteiger partial charge in [-0.25, -0.2) is 4.98 Å². The second kappa shape index (κ2) is 6.78. The van der Waals surface area contributed by atoms with E-state index >= 15 is 0 Å². The second-order valence-corrected chi connectivity index (χ2v) is 4.52. The Morgan fingerprint density at radius 1 is 1.15 bits per heavy atom. The third-order valence-electron chi connectivity index (χ3n) is 3.26. The topological polar surface area (TPSA) is 56.9 Å². The summed E-state index contributed by atoms with van der Waals surface area (Å²) in [4.78, 5) is 3.86. The maximum absolute atomic E-state index is 13.3. The molecular formula is C16H15FN2O. The molecule has 1 aromatic carbocycles. The van der Waals surface area contributed by atoms with E-state index in [2.05, 4.69) is 11.1 Å². The molecule has 0 bridgehead atoms. The molecule has 102 valence electrons. The molecule has 3 nitrogen and oxygen atoms in total. The standard InChI is InChI=1S/C16H15FN2O/c17-16-8-4-7-15(19-16)13(9-10-20)14(11-18)12-5-2-1-3-6-12/h1-8,13-14,20H,9-10H2/t13-,14-/m0/s1. The zero-order chi connectivity index (χ0) is 14.4. The first-order chi connectivity index (χ1) is 9.76. The second-order valence-electron chi connectivity index (χ2n) is 4.52. The molecule has 1 aromatic heterocycles. The highest BCUT2D eigenvalue weighted by atomic mass is 19.1. The van der Waals surface area contributed by atoms with Crippen molar-refractivity contribution in [1.82, 2.24) is 4.98 Å². The van der Waals surface area contributed by atoms with E-state index in [4.69, 9.17) is 0 Å². The van der Waals surface area contributed by atoms with Crippen LogP contribution in [0.2, 0.25) is 0 Å². The molecule has 1 N–H and O–H groups in total. The van der Waals surface area contributed by atoms with Gasteiger partial charge >= 0.3 is 0 Å². The molecule has 2 atom stereocenters. The molecule has 0 amide bonds. The molecule has 0 aliphatic rings. The molecule has 0 saturated carbocycles. The summed E-state index contributed by atoms with van der Waals surface area (Å²) >= 11 is 0. The Labute approximate surface area is 117 Å². The first kappa shape index (κ1) is 14.2. The zero-order valence-corrected chi connectivity index (χ0v) is 10.9. The van der Waals surface area contributed by atoms with Crippen molar-refractivity contribution in [3.05, 3.63) is 65.7 Å².